The number of amides is 1. The number of carbonyl (C=O) groups is 2. The quantitative estimate of drug-likeness (QED) is 0.661. The van der Waals surface area contributed by atoms with Crippen molar-refractivity contribution in [3.8, 4) is 17.2 Å². The molecule has 28 heavy (non-hydrogen) atoms. The van der Waals surface area contributed by atoms with Crippen LogP contribution in [0.5, 0.6) is 17.2 Å². The van der Waals surface area contributed by atoms with Gasteiger partial charge in [0.15, 0.2) is 17.3 Å². The molecule has 7 heteroatoms. The van der Waals surface area contributed by atoms with Gasteiger partial charge in [0, 0.05) is 11.6 Å². The highest BCUT2D eigenvalue weighted by Crippen LogP contribution is 2.37. The normalized spacial score (nSPS) is 12.3. The van der Waals surface area contributed by atoms with E-state index in [1.165, 1.54) is 11.3 Å². The number of anilines is 1. The Hall–Kier alpha value is -3.32. The van der Waals surface area contributed by atoms with Gasteiger partial charge in [0.2, 0.25) is 0 Å². The van der Waals surface area contributed by atoms with E-state index in [0.29, 0.717) is 52.2 Å². The van der Waals surface area contributed by atoms with Gasteiger partial charge in [-0.1, -0.05) is 6.07 Å². The Balaban J connectivity index is 1.73. The molecule has 142 valence electrons. The minimum atomic E-state index is -0.282. The first-order valence-corrected chi connectivity index (χ1v) is 9.51. The number of benzene rings is 2. The molecule has 2 heterocycles. The average Bonchev–Trinajstić information content (AvgIpc) is 3.28. The van der Waals surface area contributed by atoms with E-state index in [1.54, 1.807) is 55.6 Å². The van der Waals surface area contributed by atoms with Gasteiger partial charge in [-0.05, 0) is 41.8 Å². The molecule has 0 radical (unpaired) electrons. The highest BCUT2D eigenvalue weighted by molar-refractivity contribution is 7.12. The molecule has 4 rings (SSSR count). The number of ketones is 1. The molecule has 1 amide bonds. The summed E-state index contributed by atoms with van der Waals surface area (Å²) in [6, 6.07) is 13.6. The largest absolute Gasteiger partial charge is 0.497 e. The van der Waals surface area contributed by atoms with Crippen molar-refractivity contribution in [1.82, 2.24) is 0 Å². The zero-order chi connectivity index (χ0) is 19.5. The molecule has 0 atom stereocenters. The monoisotopic (exact) mass is 395 g/mol. The molecule has 0 fully saturated rings. The van der Waals surface area contributed by atoms with Crippen LogP contribution in [-0.4, -0.2) is 32.0 Å². The van der Waals surface area contributed by atoms with Gasteiger partial charge in [-0.25, -0.2) is 0 Å². The van der Waals surface area contributed by atoms with Crippen LogP contribution < -0.4 is 19.5 Å². The van der Waals surface area contributed by atoms with E-state index in [4.69, 9.17) is 14.2 Å². The van der Waals surface area contributed by atoms with E-state index >= 15 is 0 Å². The Labute approximate surface area is 165 Å². The third-order valence-electron chi connectivity index (χ3n) is 4.27. The van der Waals surface area contributed by atoms with E-state index in [0.717, 1.165) is 0 Å². The summed E-state index contributed by atoms with van der Waals surface area (Å²) < 4.78 is 16.4. The van der Waals surface area contributed by atoms with Crippen molar-refractivity contribution in [3.05, 3.63) is 69.9 Å². The predicted molar refractivity (Wildman–Crippen MR) is 106 cm³/mol. The first-order chi connectivity index (χ1) is 13.7. The molecule has 0 spiro atoms. The Morgan fingerprint density at radius 2 is 1.75 bits per heavy atom. The maximum absolute atomic E-state index is 13.1. The molecular formula is C21H17NO5S. The SMILES string of the molecule is COc1ccc(C(=O)c2cc3c(cc2NC(=O)c2cccs2)OCCO3)cc1. The summed E-state index contributed by atoms with van der Waals surface area (Å²) in [7, 11) is 1.57. The van der Waals surface area contributed by atoms with E-state index in [9.17, 15) is 9.59 Å². The lowest BCUT2D eigenvalue weighted by Crippen LogP contribution is -2.18. The predicted octanol–water partition coefficient (Wildman–Crippen LogP) is 4.01. The number of rotatable bonds is 5. The number of carbonyl (C=O) groups excluding carboxylic acids is 2. The van der Waals surface area contributed by atoms with Gasteiger partial charge in [0.1, 0.15) is 19.0 Å². The van der Waals surface area contributed by atoms with Crippen molar-refractivity contribution in [2.24, 2.45) is 0 Å². The summed E-state index contributed by atoms with van der Waals surface area (Å²) in [5.74, 6) is 1.12. The Bertz CT molecular complexity index is 1010. The molecule has 2 aromatic carbocycles. The zero-order valence-corrected chi connectivity index (χ0v) is 15.9. The second kappa shape index (κ2) is 7.74. The Morgan fingerprint density at radius 1 is 1.04 bits per heavy atom. The van der Waals surface area contributed by atoms with Crippen LogP contribution in [0.3, 0.4) is 0 Å². The summed E-state index contributed by atoms with van der Waals surface area (Å²) in [6.07, 6.45) is 0. The van der Waals surface area contributed by atoms with Crippen LogP contribution >= 0.6 is 11.3 Å². The number of thiophene rings is 1. The lowest BCUT2D eigenvalue weighted by Gasteiger charge is -2.21. The number of hydrogen-bond donors (Lipinski definition) is 1. The molecule has 1 N–H and O–H groups in total. The molecule has 1 aliphatic heterocycles. The summed E-state index contributed by atoms with van der Waals surface area (Å²) >= 11 is 1.33. The summed E-state index contributed by atoms with van der Waals surface area (Å²) in [5, 5.41) is 4.65. The third-order valence-corrected chi connectivity index (χ3v) is 5.14. The van der Waals surface area contributed by atoms with Crippen LogP contribution in [0, 0.1) is 0 Å². The zero-order valence-electron chi connectivity index (χ0n) is 15.1. The molecule has 0 unspecified atom stereocenters. The van der Waals surface area contributed by atoms with Gasteiger partial charge in [0.05, 0.1) is 23.2 Å². The highest BCUT2D eigenvalue weighted by Gasteiger charge is 2.22. The van der Waals surface area contributed by atoms with Crippen LogP contribution in [-0.2, 0) is 0 Å². The first kappa shape index (κ1) is 18.1. The van der Waals surface area contributed by atoms with Gasteiger partial charge < -0.3 is 19.5 Å². The molecule has 0 saturated heterocycles. The number of fused-ring (bicyclic) bond motifs is 1. The van der Waals surface area contributed by atoms with Gasteiger partial charge in [0.25, 0.3) is 5.91 Å². The van der Waals surface area contributed by atoms with E-state index in [-0.39, 0.29) is 11.7 Å². The lowest BCUT2D eigenvalue weighted by molar-refractivity contribution is 0.103. The molecular weight excluding hydrogens is 378 g/mol. The van der Waals surface area contributed by atoms with Crippen molar-refractivity contribution >= 4 is 28.7 Å². The maximum atomic E-state index is 13.1. The van der Waals surface area contributed by atoms with Crippen molar-refractivity contribution in [2.75, 3.05) is 25.6 Å². The minimum absolute atomic E-state index is 0.235. The average molecular weight is 395 g/mol. The van der Waals surface area contributed by atoms with Crippen LogP contribution in [0.2, 0.25) is 0 Å². The van der Waals surface area contributed by atoms with Crippen LogP contribution in [0.15, 0.2) is 53.9 Å². The molecule has 1 aliphatic rings. The summed E-state index contributed by atoms with van der Waals surface area (Å²) in [5.41, 5.74) is 1.19. The Kier molecular flexibility index (Phi) is 4.99. The fraction of sp³-hybridized carbons (Fsp3) is 0.143. The van der Waals surface area contributed by atoms with Crippen LogP contribution in [0.25, 0.3) is 0 Å². The number of methoxy groups -OCH3 is 1. The van der Waals surface area contributed by atoms with Crippen molar-refractivity contribution in [2.45, 2.75) is 0 Å². The molecule has 0 bridgehead atoms. The third kappa shape index (κ3) is 3.57. The van der Waals surface area contributed by atoms with Gasteiger partial charge in [-0.2, -0.15) is 0 Å². The van der Waals surface area contributed by atoms with Gasteiger partial charge >= 0.3 is 0 Å². The van der Waals surface area contributed by atoms with E-state index < -0.39 is 0 Å². The second-order valence-electron chi connectivity index (χ2n) is 6.03. The molecule has 0 saturated carbocycles. The Morgan fingerprint density at radius 3 is 2.39 bits per heavy atom. The van der Waals surface area contributed by atoms with Crippen LogP contribution in [0.4, 0.5) is 5.69 Å². The number of nitrogens with one attached hydrogen (secondary N) is 1. The van der Waals surface area contributed by atoms with Crippen LogP contribution in [0.1, 0.15) is 25.6 Å². The fourth-order valence-corrected chi connectivity index (χ4v) is 3.49. The van der Waals surface area contributed by atoms with Crippen molar-refractivity contribution in [3.63, 3.8) is 0 Å². The lowest BCUT2D eigenvalue weighted by atomic mass is 10.0. The minimum Gasteiger partial charge on any atom is -0.497 e. The maximum Gasteiger partial charge on any atom is 0.265 e. The standard InChI is InChI=1S/C21H17NO5S/c1-25-14-6-4-13(5-7-14)20(23)15-11-17-18(27-9-8-26-17)12-16(15)22-21(24)19-3-2-10-28-19/h2-7,10-12H,8-9H2,1H3,(H,22,24). The fourth-order valence-electron chi connectivity index (χ4n) is 2.87. The molecule has 6 nitrogen and oxygen atoms in total. The number of ether oxygens (including phenoxy) is 3. The van der Waals surface area contributed by atoms with Gasteiger partial charge in [-0.3, -0.25) is 9.59 Å². The molecule has 0 aliphatic carbocycles. The number of hydrogen-bond acceptors (Lipinski definition) is 6. The highest BCUT2D eigenvalue weighted by atomic mass is 32.1. The molecule has 1 aromatic heterocycles. The smallest absolute Gasteiger partial charge is 0.265 e. The second-order valence-corrected chi connectivity index (χ2v) is 6.98. The molecule has 3 aromatic rings. The first-order valence-electron chi connectivity index (χ1n) is 8.63. The topological polar surface area (TPSA) is 73.9 Å². The van der Waals surface area contributed by atoms with Crippen molar-refractivity contribution < 1.29 is 23.8 Å². The van der Waals surface area contributed by atoms with Crippen molar-refractivity contribution in [1.29, 1.82) is 0 Å². The summed E-state index contributed by atoms with van der Waals surface area (Å²) in [4.78, 5) is 26.2. The van der Waals surface area contributed by atoms with Gasteiger partial charge in [-0.15, -0.1) is 11.3 Å². The summed E-state index contributed by atoms with van der Waals surface area (Å²) in [6.45, 7) is 0.821. The van der Waals surface area contributed by atoms with E-state index in [2.05, 4.69) is 5.32 Å². The van der Waals surface area contributed by atoms with E-state index in [1.807, 2.05) is 5.38 Å².